The number of nitrogens with zero attached hydrogens (tertiary/aromatic N) is 2. The van der Waals surface area contributed by atoms with Gasteiger partial charge in [-0.1, -0.05) is 36.4 Å². The number of benzene rings is 1. The molecule has 3 nitrogen and oxygen atoms in total. The third-order valence-electron chi connectivity index (χ3n) is 3.56. The highest BCUT2D eigenvalue weighted by molar-refractivity contribution is 6.03. The Bertz CT molecular complexity index is 807. The molecule has 0 spiro atoms. The molecule has 0 aliphatic carbocycles. The zero-order valence-corrected chi connectivity index (χ0v) is 11.3. The summed E-state index contributed by atoms with van der Waals surface area (Å²) in [5.74, 6) is 0. The highest BCUT2D eigenvalue weighted by atomic mass is 14.8. The molecule has 3 aromatic heterocycles. The molecule has 21 heavy (non-hydrogen) atoms. The topological polar surface area (TPSA) is 41.6 Å². The number of aromatic amines is 1. The zero-order chi connectivity index (χ0) is 14.1. The van der Waals surface area contributed by atoms with Crippen molar-refractivity contribution < 1.29 is 0 Å². The second kappa shape index (κ2) is 4.87. The third-order valence-corrected chi connectivity index (χ3v) is 3.56. The van der Waals surface area contributed by atoms with E-state index in [0.717, 1.165) is 33.5 Å². The van der Waals surface area contributed by atoms with E-state index >= 15 is 0 Å². The lowest BCUT2D eigenvalue weighted by Crippen LogP contribution is -1.84. The van der Waals surface area contributed by atoms with Gasteiger partial charge in [0.1, 0.15) is 0 Å². The van der Waals surface area contributed by atoms with Crippen molar-refractivity contribution in [3.63, 3.8) is 0 Å². The summed E-state index contributed by atoms with van der Waals surface area (Å²) in [5, 5.41) is 2.33. The maximum absolute atomic E-state index is 4.45. The van der Waals surface area contributed by atoms with Crippen molar-refractivity contribution in [3.8, 4) is 22.8 Å². The van der Waals surface area contributed by atoms with E-state index < -0.39 is 0 Å². The summed E-state index contributed by atoms with van der Waals surface area (Å²) in [6.45, 7) is 0. The molecular formula is C18H13N3. The normalized spacial score (nSPS) is 10.9. The maximum atomic E-state index is 4.45. The summed E-state index contributed by atoms with van der Waals surface area (Å²) in [4.78, 5) is 12.4. The number of rotatable bonds is 2. The van der Waals surface area contributed by atoms with Crippen LogP contribution in [0.15, 0.2) is 73.1 Å². The smallest absolute Gasteiger partial charge is 0.0870 e. The van der Waals surface area contributed by atoms with Gasteiger partial charge in [-0.2, -0.15) is 0 Å². The predicted octanol–water partition coefficient (Wildman–Crippen LogP) is 4.29. The summed E-state index contributed by atoms with van der Waals surface area (Å²) >= 11 is 0. The predicted molar refractivity (Wildman–Crippen MR) is 84.8 cm³/mol. The van der Waals surface area contributed by atoms with Crippen LogP contribution in [0.4, 0.5) is 0 Å². The van der Waals surface area contributed by atoms with Gasteiger partial charge in [0.25, 0.3) is 0 Å². The largest absolute Gasteiger partial charge is 0.351 e. The van der Waals surface area contributed by atoms with Crippen LogP contribution in [0.1, 0.15) is 0 Å². The molecule has 0 unspecified atom stereocenters. The van der Waals surface area contributed by atoms with Crippen LogP contribution in [0, 0.1) is 0 Å². The molecule has 100 valence electrons. The minimum absolute atomic E-state index is 0.941. The van der Waals surface area contributed by atoms with Gasteiger partial charge in [-0.05, 0) is 24.3 Å². The molecule has 0 radical (unpaired) electrons. The number of aromatic nitrogens is 3. The second-order valence-corrected chi connectivity index (χ2v) is 4.85. The molecule has 1 aromatic carbocycles. The molecule has 1 N–H and O–H groups in total. The Morgan fingerprint density at radius 1 is 0.571 bits per heavy atom. The van der Waals surface area contributed by atoms with Gasteiger partial charge in [-0.3, -0.25) is 9.97 Å². The monoisotopic (exact) mass is 271 g/mol. The van der Waals surface area contributed by atoms with Gasteiger partial charge in [-0.25, -0.2) is 0 Å². The third kappa shape index (κ3) is 1.99. The average molecular weight is 271 g/mol. The molecule has 0 saturated carbocycles. The van der Waals surface area contributed by atoms with Crippen LogP contribution < -0.4 is 0 Å². The van der Waals surface area contributed by atoms with Gasteiger partial charge in [0.2, 0.25) is 0 Å². The first kappa shape index (κ1) is 11.9. The Morgan fingerprint density at radius 2 is 1.05 bits per heavy atom. The van der Waals surface area contributed by atoms with Crippen molar-refractivity contribution in [1.29, 1.82) is 0 Å². The molecule has 3 heteroatoms. The molecule has 0 aliphatic rings. The Labute approximate surface area is 122 Å². The van der Waals surface area contributed by atoms with E-state index in [-0.39, 0.29) is 0 Å². The number of H-pyrrole nitrogens is 1. The van der Waals surface area contributed by atoms with E-state index in [1.807, 2.05) is 60.9 Å². The first-order valence-corrected chi connectivity index (χ1v) is 6.87. The molecule has 4 rings (SSSR count). The van der Waals surface area contributed by atoms with E-state index in [2.05, 4.69) is 27.1 Å². The number of pyridine rings is 2. The van der Waals surface area contributed by atoms with Gasteiger partial charge >= 0.3 is 0 Å². The van der Waals surface area contributed by atoms with Crippen LogP contribution in [0.5, 0.6) is 0 Å². The summed E-state index contributed by atoms with van der Waals surface area (Å²) in [6.07, 6.45) is 3.62. The highest BCUT2D eigenvalue weighted by Gasteiger charge is 2.13. The SMILES string of the molecule is c1ccc(-c2[nH]c(-c3ccccn3)c3ccccc23)nc1. The first-order valence-electron chi connectivity index (χ1n) is 6.87. The van der Waals surface area contributed by atoms with E-state index in [0.29, 0.717) is 0 Å². The lowest BCUT2D eigenvalue weighted by molar-refractivity contribution is 1.26. The quantitative estimate of drug-likeness (QED) is 0.591. The van der Waals surface area contributed by atoms with Crippen molar-refractivity contribution in [2.24, 2.45) is 0 Å². The summed E-state index contributed by atoms with van der Waals surface area (Å²) in [6, 6.07) is 20.2. The molecular weight excluding hydrogens is 258 g/mol. The number of nitrogens with one attached hydrogen (secondary N) is 1. The molecule has 0 aliphatic heterocycles. The van der Waals surface area contributed by atoms with Crippen molar-refractivity contribution in [1.82, 2.24) is 15.0 Å². The molecule has 0 amide bonds. The van der Waals surface area contributed by atoms with E-state index in [4.69, 9.17) is 0 Å². The highest BCUT2D eigenvalue weighted by Crippen LogP contribution is 2.34. The molecule has 0 saturated heterocycles. The molecule has 0 fully saturated rings. The van der Waals surface area contributed by atoms with E-state index in [9.17, 15) is 0 Å². The van der Waals surface area contributed by atoms with Crippen LogP contribution in [-0.2, 0) is 0 Å². The van der Waals surface area contributed by atoms with Crippen molar-refractivity contribution in [2.75, 3.05) is 0 Å². The Balaban J connectivity index is 2.02. The second-order valence-electron chi connectivity index (χ2n) is 4.85. The lowest BCUT2D eigenvalue weighted by Gasteiger charge is -1.98. The molecule has 3 heterocycles. The van der Waals surface area contributed by atoms with Gasteiger partial charge in [-0.15, -0.1) is 0 Å². The fraction of sp³-hybridized carbons (Fsp3) is 0. The number of fused-ring (bicyclic) bond motifs is 1. The van der Waals surface area contributed by atoms with E-state index in [1.54, 1.807) is 0 Å². The van der Waals surface area contributed by atoms with Gasteiger partial charge < -0.3 is 4.98 Å². The number of hydrogen-bond donors (Lipinski definition) is 1. The first-order chi connectivity index (χ1) is 10.4. The fourth-order valence-corrected chi connectivity index (χ4v) is 2.60. The zero-order valence-electron chi connectivity index (χ0n) is 11.3. The van der Waals surface area contributed by atoms with Crippen LogP contribution in [-0.4, -0.2) is 15.0 Å². The van der Waals surface area contributed by atoms with Crippen LogP contribution in [0.2, 0.25) is 0 Å². The van der Waals surface area contributed by atoms with Gasteiger partial charge in [0, 0.05) is 23.2 Å². The van der Waals surface area contributed by atoms with Crippen molar-refractivity contribution in [2.45, 2.75) is 0 Å². The Kier molecular flexibility index (Phi) is 2.75. The van der Waals surface area contributed by atoms with Crippen molar-refractivity contribution in [3.05, 3.63) is 73.1 Å². The van der Waals surface area contributed by atoms with Crippen LogP contribution in [0.25, 0.3) is 33.5 Å². The summed E-state index contributed by atoms with van der Waals surface area (Å²) < 4.78 is 0. The minimum atomic E-state index is 0.941. The average Bonchev–Trinajstić information content (AvgIpc) is 2.96. The van der Waals surface area contributed by atoms with Crippen molar-refractivity contribution >= 4 is 10.8 Å². The van der Waals surface area contributed by atoms with Crippen LogP contribution >= 0.6 is 0 Å². The van der Waals surface area contributed by atoms with E-state index in [1.165, 1.54) is 0 Å². The lowest BCUT2D eigenvalue weighted by atomic mass is 10.1. The fourth-order valence-electron chi connectivity index (χ4n) is 2.60. The van der Waals surface area contributed by atoms with Gasteiger partial charge in [0.05, 0.1) is 22.8 Å². The minimum Gasteiger partial charge on any atom is -0.351 e. The molecule has 0 atom stereocenters. The Hall–Kier alpha value is -2.94. The summed E-state index contributed by atoms with van der Waals surface area (Å²) in [5.41, 5.74) is 3.95. The summed E-state index contributed by atoms with van der Waals surface area (Å²) in [7, 11) is 0. The number of hydrogen-bond acceptors (Lipinski definition) is 2. The molecule has 0 bridgehead atoms. The maximum Gasteiger partial charge on any atom is 0.0870 e. The Morgan fingerprint density at radius 3 is 1.48 bits per heavy atom. The van der Waals surface area contributed by atoms with Crippen LogP contribution in [0.3, 0.4) is 0 Å². The standard InChI is InChI=1S/C18H13N3/c1-2-8-14-13(7-1)17(15-9-3-5-11-19-15)21-18(14)16-10-4-6-12-20-16/h1-12,21H. The molecule has 4 aromatic rings. The van der Waals surface area contributed by atoms with Gasteiger partial charge in [0.15, 0.2) is 0 Å².